The van der Waals surface area contributed by atoms with Crippen LogP contribution < -0.4 is 19.6 Å². The molecule has 4 rings (SSSR count). The highest BCUT2D eigenvalue weighted by Gasteiger charge is 2.44. The van der Waals surface area contributed by atoms with Gasteiger partial charge in [-0.25, -0.2) is 9.88 Å². The van der Waals surface area contributed by atoms with Crippen molar-refractivity contribution in [3.05, 3.63) is 54.1 Å². The first-order valence-corrected chi connectivity index (χ1v) is 12.1. The van der Waals surface area contributed by atoms with Gasteiger partial charge in [-0.05, 0) is 56.5 Å². The number of nitrogens with zero attached hydrogens (tertiary/aromatic N) is 5. The van der Waals surface area contributed by atoms with E-state index in [-0.39, 0.29) is 11.8 Å². The van der Waals surface area contributed by atoms with Crippen LogP contribution in [0, 0.1) is 0 Å². The maximum atomic E-state index is 13.2. The highest BCUT2D eigenvalue weighted by Crippen LogP contribution is 2.41. The summed E-state index contributed by atoms with van der Waals surface area (Å²) >= 11 is 1.31. The van der Waals surface area contributed by atoms with Gasteiger partial charge in [-0.2, -0.15) is 0 Å². The normalized spacial score (nSPS) is 14.6. The van der Waals surface area contributed by atoms with Gasteiger partial charge in [-0.15, -0.1) is 0 Å². The number of amides is 1. The fourth-order valence-electron chi connectivity index (χ4n) is 4.21. The predicted octanol–water partition coefficient (Wildman–Crippen LogP) is 3.38. The summed E-state index contributed by atoms with van der Waals surface area (Å²) in [6, 6.07) is 15.6. The summed E-state index contributed by atoms with van der Waals surface area (Å²) in [6.45, 7) is 7.92. The van der Waals surface area contributed by atoms with Gasteiger partial charge >= 0.3 is 0 Å². The van der Waals surface area contributed by atoms with Gasteiger partial charge in [0.25, 0.3) is 17.0 Å². The van der Waals surface area contributed by atoms with E-state index in [0.29, 0.717) is 28.5 Å². The van der Waals surface area contributed by atoms with Crippen LogP contribution in [0.3, 0.4) is 0 Å². The molecule has 0 bridgehead atoms. The zero-order valence-corrected chi connectivity index (χ0v) is 19.6. The first kappa shape index (κ1) is 22.1. The Balaban J connectivity index is 1.96. The smallest absolute Gasteiger partial charge is 0.293 e. The molecule has 3 aromatic rings. The van der Waals surface area contributed by atoms with Crippen molar-refractivity contribution in [3.8, 4) is 17.1 Å². The van der Waals surface area contributed by atoms with Crippen LogP contribution in [-0.2, 0) is 4.79 Å². The maximum Gasteiger partial charge on any atom is 0.293 e. The first-order valence-electron chi connectivity index (χ1n) is 10.8. The van der Waals surface area contributed by atoms with E-state index in [0.717, 1.165) is 24.3 Å². The number of hydrogen-bond acceptors (Lipinski definition) is 6. The highest BCUT2D eigenvalue weighted by atomic mass is 32.2. The Morgan fingerprint density at radius 3 is 2.44 bits per heavy atom. The third-order valence-corrected chi connectivity index (χ3v) is 6.33. The Kier molecular flexibility index (Phi) is 6.32. The second kappa shape index (κ2) is 9.16. The molecule has 2 aromatic carbocycles. The number of benzene rings is 2. The lowest BCUT2D eigenvalue weighted by Crippen LogP contribution is -2.59. The van der Waals surface area contributed by atoms with E-state index in [1.54, 1.807) is 9.58 Å². The molecule has 1 aliphatic rings. The van der Waals surface area contributed by atoms with Crippen LogP contribution in [0.5, 0.6) is 5.88 Å². The van der Waals surface area contributed by atoms with Gasteiger partial charge in [0, 0.05) is 35.9 Å². The van der Waals surface area contributed by atoms with E-state index < -0.39 is 6.17 Å². The minimum Gasteiger partial charge on any atom is -0.854 e. The fourth-order valence-corrected chi connectivity index (χ4v) is 4.55. The van der Waals surface area contributed by atoms with E-state index in [1.807, 2.05) is 49.6 Å². The molecule has 0 saturated carbocycles. The van der Waals surface area contributed by atoms with E-state index >= 15 is 0 Å². The fraction of sp³-hybridized carbons (Fsp3) is 0.333. The summed E-state index contributed by atoms with van der Waals surface area (Å²) in [7, 11) is 0. The van der Waals surface area contributed by atoms with Crippen molar-refractivity contribution in [3.63, 3.8) is 0 Å². The standard InChI is InChI=1S/C24H27N5O2S/c1-5-20(30)28-19-11-9-8-10-18(19)21-22(31)25-24(32-4)26-29(21)23(28)16-12-14-17(15-13-16)27(6-2)7-3/h8-15,23H,5-7H2,1-4H3. The van der Waals surface area contributed by atoms with Crippen LogP contribution in [0.2, 0.25) is 0 Å². The zero-order chi connectivity index (χ0) is 22.8. The first-order chi connectivity index (χ1) is 15.5. The lowest BCUT2D eigenvalue weighted by Gasteiger charge is -2.33. The van der Waals surface area contributed by atoms with E-state index in [1.165, 1.54) is 11.8 Å². The van der Waals surface area contributed by atoms with Crippen molar-refractivity contribution in [2.75, 3.05) is 29.1 Å². The summed E-state index contributed by atoms with van der Waals surface area (Å²) in [5, 5.41) is 18.1. The van der Waals surface area contributed by atoms with Crippen molar-refractivity contribution >= 4 is 29.0 Å². The van der Waals surface area contributed by atoms with Gasteiger partial charge in [0.2, 0.25) is 5.91 Å². The Bertz CT molecular complexity index is 1130. The molecular formula is C24H27N5O2S. The highest BCUT2D eigenvalue weighted by molar-refractivity contribution is 7.98. The SMILES string of the molecule is CCC(=O)N1c2ccccc2-c2c([O-])nc(SC)n[n+]2C1c1ccc(N(CC)CC)cc1. The van der Waals surface area contributed by atoms with Crippen LogP contribution in [0.1, 0.15) is 38.9 Å². The lowest BCUT2D eigenvalue weighted by molar-refractivity contribution is -0.764. The van der Waals surface area contributed by atoms with Crippen molar-refractivity contribution in [2.45, 2.75) is 38.5 Å². The molecule has 0 N–H and O–H groups in total. The summed E-state index contributed by atoms with van der Waals surface area (Å²) in [6.07, 6.45) is 1.60. The quantitative estimate of drug-likeness (QED) is 0.424. The number of aromatic nitrogens is 3. The monoisotopic (exact) mass is 449 g/mol. The van der Waals surface area contributed by atoms with Gasteiger partial charge < -0.3 is 10.0 Å². The van der Waals surface area contributed by atoms with Crippen molar-refractivity contribution in [1.29, 1.82) is 0 Å². The maximum absolute atomic E-state index is 13.2. The van der Waals surface area contributed by atoms with Crippen molar-refractivity contribution < 1.29 is 14.6 Å². The van der Waals surface area contributed by atoms with Crippen LogP contribution in [0.15, 0.2) is 53.7 Å². The van der Waals surface area contributed by atoms with Crippen LogP contribution >= 0.6 is 11.8 Å². The second-order valence-electron chi connectivity index (χ2n) is 7.47. The summed E-state index contributed by atoms with van der Waals surface area (Å²) in [5.41, 5.74) is 3.77. The van der Waals surface area contributed by atoms with E-state index in [2.05, 4.69) is 41.0 Å². The molecule has 1 unspecified atom stereocenters. The molecule has 1 aliphatic heterocycles. The molecule has 7 nitrogen and oxygen atoms in total. The topological polar surface area (TPSA) is 76.3 Å². The predicted molar refractivity (Wildman–Crippen MR) is 125 cm³/mol. The number of rotatable bonds is 6. The largest absolute Gasteiger partial charge is 0.854 e. The second-order valence-corrected chi connectivity index (χ2v) is 8.24. The Labute approximate surface area is 192 Å². The number of fused-ring (bicyclic) bond motifs is 3. The van der Waals surface area contributed by atoms with E-state index in [4.69, 9.17) is 0 Å². The molecule has 0 saturated heterocycles. The summed E-state index contributed by atoms with van der Waals surface area (Å²) in [4.78, 5) is 21.4. The molecule has 1 atom stereocenters. The molecule has 1 aromatic heterocycles. The zero-order valence-electron chi connectivity index (χ0n) is 18.8. The molecular weight excluding hydrogens is 422 g/mol. The third kappa shape index (κ3) is 3.68. The molecule has 0 aliphatic carbocycles. The number of thioether (sulfide) groups is 1. The van der Waals surface area contributed by atoms with Crippen molar-refractivity contribution in [1.82, 2.24) is 10.1 Å². The minimum atomic E-state index is -0.570. The van der Waals surface area contributed by atoms with Gasteiger partial charge in [-0.1, -0.05) is 35.5 Å². The van der Waals surface area contributed by atoms with Gasteiger partial charge in [-0.3, -0.25) is 4.79 Å². The van der Waals surface area contributed by atoms with E-state index in [9.17, 15) is 9.90 Å². The summed E-state index contributed by atoms with van der Waals surface area (Å²) < 4.78 is 1.67. The van der Waals surface area contributed by atoms with Gasteiger partial charge in [0.15, 0.2) is 0 Å². The van der Waals surface area contributed by atoms with Crippen molar-refractivity contribution in [2.24, 2.45) is 0 Å². The molecule has 2 heterocycles. The molecule has 0 fully saturated rings. The number of carbonyl (C=O) groups is 1. The molecule has 0 radical (unpaired) electrons. The van der Waals surface area contributed by atoms with Crippen LogP contribution in [0.4, 0.5) is 11.4 Å². The van der Waals surface area contributed by atoms with Crippen LogP contribution in [-0.4, -0.2) is 35.3 Å². The number of anilines is 2. The molecule has 0 spiro atoms. The average molecular weight is 450 g/mol. The number of para-hydroxylation sites is 1. The Morgan fingerprint density at radius 1 is 1.12 bits per heavy atom. The lowest BCUT2D eigenvalue weighted by atomic mass is 10.0. The number of hydrogen-bond donors (Lipinski definition) is 0. The Morgan fingerprint density at radius 2 is 1.81 bits per heavy atom. The number of carbonyl (C=O) groups excluding carboxylic acids is 1. The van der Waals surface area contributed by atoms with Gasteiger partial charge in [0.05, 0.1) is 17.1 Å². The minimum absolute atomic E-state index is 0.0369. The third-order valence-electron chi connectivity index (χ3n) is 5.79. The Hall–Kier alpha value is -3.13. The molecule has 32 heavy (non-hydrogen) atoms. The molecule has 166 valence electrons. The van der Waals surface area contributed by atoms with Crippen LogP contribution in [0.25, 0.3) is 11.3 Å². The van der Waals surface area contributed by atoms with Gasteiger partial charge in [0.1, 0.15) is 0 Å². The molecule has 1 amide bonds. The summed E-state index contributed by atoms with van der Waals surface area (Å²) in [5.74, 6) is -0.379. The average Bonchev–Trinajstić information content (AvgIpc) is 2.83. The molecule has 8 heteroatoms.